The summed E-state index contributed by atoms with van der Waals surface area (Å²) in [5, 5.41) is 1.64. The molecule has 22 heavy (non-hydrogen) atoms. The van der Waals surface area contributed by atoms with Crippen LogP contribution in [0.2, 0.25) is 0 Å². The quantitative estimate of drug-likeness (QED) is 0.656. The number of hydrazine groups is 1. The third kappa shape index (κ3) is 3.22. The van der Waals surface area contributed by atoms with Crippen LogP contribution in [-0.4, -0.2) is 12.0 Å². The lowest BCUT2D eigenvalue weighted by atomic mass is 10.0. The number of ether oxygens (including phenoxy) is 1. The molecule has 0 bridgehead atoms. The van der Waals surface area contributed by atoms with Gasteiger partial charge in [0, 0.05) is 30.3 Å². The molecule has 0 aliphatic heterocycles. The van der Waals surface area contributed by atoms with E-state index < -0.39 is 0 Å². The van der Waals surface area contributed by atoms with Gasteiger partial charge in [-0.25, -0.2) is 10.8 Å². The minimum absolute atomic E-state index is 0.488. The number of pyridine rings is 1. The van der Waals surface area contributed by atoms with Crippen LogP contribution in [-0.2, 0) is 13.0 Å². The Bertz CT molecular complexity index is 651. The van der Waals surface area contributed by atoms with Gasteiger partial charge in [0.25, 0.3) is 0 Å². The number of aromatic nitrogens is 1. The molecular weight excluding hydrogens is 274 g/mol. The van der Waals surface area contributed by atoms with Crippen molar-refractivity contribution < 1.29 is 4.74 Å². The van der Waals surface area contributed by atoms with Crippen LogP contribution in [0.5, 0.6) is 5.88 Å². The van der Waals surface area contributed by atoms with Crippen LogP contribution in [0.1, 0.15) is 42.5 Å². The minimum Gasteiger partial charge on any atom is -0.473 e. The third-order valence-electron chi connectivity index (χ3n) is 4.11. The fraction of sp³-hybridized carbons (Fsp3) is 0.389. The van der Waals surface area contributed by atoms with Crippen LogP contribution in [0.4, 0.5) is 5.69 Å². The summed E-state index contributed by atoms with van der Waals surface area (Å²) in [6.07, 6.45) is 3.45. The zero-order valence-electron chi connectivity index (χ0n) is 13.2. The van der Waals surface area contributed by atoms with E-state index in [-0.39, 0.29) is 0 Å². The van der Waals surface area contributed by atoms with Crippen molar-refractivity contribution in [2.75, 3.05) is 12.1 Å². The number of nitrogens with zero attached hydrogens (tertiary/aromatic N) is 2. The highest BCUT2D eigenvalue weighted by molar-refractivity contribution is 5.55. The molecule has 0 saturated heterocycles. The van der Waals surface area contributed by atoms with Crippen molar-refractivity contribution >= 4 is 5.69 Å². The molecule has 1 aliphatic rings. The van der Waals surface area contributed by atoms with Crippen molar-refractivity contribution in [1.82, 2.24) is 4.98 Å². The summed E-state index contributed by atoms with van der Waals surface area (Å²) in [7, 11) is 1.85. The molecule has 4 heteroatoms. The average molecular weight is 297 g/mol. The molecule has 1 saturated carbocycles. The Balaban J connectivity index is 1.79. The lowest BCUT2D eigenvalue weighted by Gasteiger charge is -2.20. The summed E-state index contributed by atoms with van der Waals surface area (Å²) in [5.41, 5.74) is 4.54. The second-order valence-corrected chi connectivity index (χ2v) is 5.84. The number of benzene rings is 1. The Morgan fingerprint density at radius 2 is 2.00 bits per heavy atom. The summed E-state index contributed by atoms with van der Waals surface area (Å²) in [4.78, 5) is 4.61. The van der Waals surface area contributed by atoms with Crippen LogP contribution in [0.15, 0.2) is 36.4 Å². The third-order valence-corrected chi connectivity index (χ3v) is 4.11. The molecule has 116 valence electrons. The second-order valence-electron chi connectivity index (χ2n) is 5.84. The van der Waals surface area contributed by atoms with Gasteiger partial charge >= 0.3 is 0 Å². The van der Waals surface area contributed by atoms with Crippen molar-refractivity contribution in [3.8, 4) is 5.88 Å². The molecule has 4 nitrogen and oxygen atoms in total. The molecule has 0 radical (unpaired) electrons. The average Bonchev–Trinajstić information content (AvgIpc) is 3.37. The van der Waals surface area contributed by atoms with Gasteiger partial charge in [-0.05, 0) is 37.0 Å². The smallest absolute Gasteiger partial charge is 0.213 e. The van der Waals surface area contributed by atoms with E-state index >= 15 is 0 Å². The van der Waals surface area contributed by atoms with E-state index in [4.69, 9.17) is 10.6 Å². The van der Waals surface area contributed by atoms with Crippen molar-refractivity contribution in [3.05, 3.63) is 53.2 Å². The molecule has 2 aromatic rings. The summed E-state index contributed by atoms with van der Waals surface area (Å²) >= 11 is 0. The molecule has 1 heterocycles. The first kappa shape index (κ1) is 14.9. The van der Waals surface area contributed by atoms with E-state index in [0.717, 1.165) is 23.4 Å². The van der Waals surface area contributed by atoms with E-state index in [0.29, 0.717) is 18.4 Å². The fourth-order valence-corrected chi connectivity index (χ4v) is 2.71. The maximum absolute atomic E-state index is 5.95. The zero-order chi connectivity index (χ0) is 15.5. The van der Waals surface area contributed by atoms with Gasteiger partial charge in [0.1, 0.15) is 6.61 Å². The minimum atomic E-state index is 0.488. The lowest BCUT2D eigenvalue weighted by Crippen LogP contribution is -2.27. The lowest BCUT2D eigenvalue weighted by molar-refractivity contribution is 0.292. The van der Waals surface area contributed by atoms with E-state index in [1.807, 2.05) is 31.3 Å². The largest absolute Gasteiger partial charge is 0.473 e. The number of rotatable bonds is 6. The first-order chi connectivity index (χ1) is 10.7. The van der Waals surface area contributed by atoms with Crippen molar-refractivity contribution in [2.24, 2.45) is 5.84 Å². The molecule has 0 spiro atoms. The summed E-state index contributed by atoms with van der Waals surface area (Å²) < 4.78 is 5.95. The molecule has 1 fully saturated rings. The van der Waals surface area contributed by atoms with Crippen LogP contribution in [0.25, 0.3) is 0 Å². The highest BCUT2D eigenvalue weighted by Gasteiger charge is 2.25. The van der Waals surface area contributed by atoms with Crippen LogP contribution in [0.3, 0.4) is 0 Å². The van der Waals surface area contributed by atoms with Gasteiger partial charge in [0.05, 0.1) is 5.69 Å². The highest BCUT2D eigenvalue weighted by atomic mass is 16.5. The standard InChI is InChI=1S/C18H23N3O/c1-3-13-6-4-8-17(21(2)19)15(13)12-22-18-9-5-7-16(20-18)14-10-11-14/h4-9,14H,3,10-12,19H2,1-2H3. The Hall–Kier alpha value is -2.07. The summed E-state index contributed by atoms with van der Waals surface area (Å²) in [5.74, 6) is 7.27. The number of aryl methyl sites for hydroxylation is 1. The monoisotopic (exact) mass is 297 g/mol. The Kier molecular flexibility index (Phi) is 4.29. The fourth-order valence-electron chi connectivity index (χ4n) is 2.71. The molecule has 1 aromatic carbocycles. The first-order valence-electron chi connectivity index (χ1n) is 7.88. The molecule has 0 atom stereocenters. The summed E-state index contributed by atoms with van der Waals surface area (Å²) in [6.45, 7) is 2.63. The maximum atomic E-state index is 5.95. The highest BCUT2D eigenvalue weighted by Crippen LogP contribution is 2.39. The number of hydrogen-bond acceptors (Lipinski definition) is 4. The Morgan fingerprint density at radius 3 is 2.68 bits per heavy atom. The van der Waals surface area contributed by atoms with Gasteiger partial charge in [-0.3, -0.25) is 0 Å². The molecule has 3 rings (SSSR count). The van der Waals surface area contributed by atoms with Gasteiger partial charge in [0.2, 0.25) is 5.88 Å². The summed E-state index contributed by atoms with van der Waals surface area (Å²) in [6, 6.07) is 12.2. The molecule has 1 aliphatic carbocycles. The van der Waals surface area contributed by atoms with Crippen molar-refractivity contribution in [1.29, 1.82) is 0 Å². The van der Waals surface area contributed by atoms with E-state index in [1.54, 1.807) is 5.01 Å². The predicted octanol–water partition coefficient (Wildman–Crippen LogP) is 3.41. The van der Waals surface area contributed by atoms with E-state index in [2.05, 4.69) is 24.0 Å². The van der Waals surface area contributed by atoms with Gasteiger partial charge in [-0.1, -0.05) is 25.1 Å². The maximum Gasteiger partial charge on any atom is 0.213 e. The predicted molar refractivity (Wildman–Crippen MR) is 89.0 cm³/mol. The Labute approximate surface area is 131 Å². The molecule has 0 amide bonds. The van der Waals surface area contributed by atoms with Crippen molar-refractivity contribution in [2.45, 2.75) is 38.7 Å². The van der Waals surface area contributed by atoms with Gasteiger partial charge in [-0.15, -0.1) is 0 Å². The normalized spacial score (nSPS) is 14.0. The number of anilines is 1. The van der Waals surface area contributed by atoms with Crippen LogP contribution in [0, 0.1) is 0 Å². The van der Waals surface area contributed by atoms with Crippen LogP contribution >= 0.6 is 0 Å². The topological polar surface area (TPSA) is 51.4 Å². The SMILES string of the molecule is CCc1cccc(N(C)N)c1COc1cccc(C2CC2)n1. The number of nitrogens with two attached hydrogens (primary N) is 1. The van der Waals surface area contributed by atoms with Crippen molar-refractivity contribution in [3.63, 3.8) is 0 Å². The van der Waals surface area contributed by atoms with Crippen LogP contribution < -0.4 is 15.6 Å². The van der Waals surface area contributed by atoms with Gasteiger partial charge < -0.3 is 9.75 Å². The second kappa shape index (κ2) is 6.36. The Morgan fingerprint density at radius 1 is 1.23 bits per heavy atom. The first-order valence-corrected chi connectivity index (χ1v) is 7.88. The molecule has 0 unspecified atom stereocenters. The number of hydrogen-bond donors (Lipinski definition) is 1. The molecular formula is C18H23N3O. The van der Waals surface area contributed by atoms with Gasteiger partial charge in [-0.2, -0.15) is 0 Å². The molecule has 2 N–H and O–H groups in total. The van der Waals surface area contributed by atoms with E-state index in [9.17, 15) is 0 Å². The molecule has 1 aromatic heterocycles. The van der Waals surface area contributed by atoms with E-state index in [1.165, 1.54) is 18.4 Å². The van der Waals surface area contributed by atoms with Gasteiger partial charge in [0.15, 0.2) is 0 Å². The zero-order valence-corrected chi connectivity index (χ0v) is 13.2.